The van der Waals surface area contributed by atoms with Gasteiger partial charge in [0.05, 0.1) is 5.69 Å². The SMILES string of the molecule is CC(C)Cc1ccc(C(C)c2csc(N)n2)cc1. The highest BCUT2D eigenvalue weighted by molar-refractivity contribution is 7.13. The van der Waals surface area contributed by atoms with Gasteiger partial charge in [-0.2, -0.15) is 0 Å². The largest absolute Gasteiger partial charge is 0.375 e. The van der Waals surface area contributed by atoms with Crippen LogP contribution in [0.1, 0.15) is 43.5 Å². The molecule has 0 aliphatic carbocycles. The summed E-state index contributed by atoms with van der Waals surface area (Å²) in [4.78, 5) is 4.35. The molecule has 96 valence electrons. The van der Waals surface area contributed by atoms with E-state index in [9.17, 15) is 0 Å². The summed E-state index contributed by atoms with van der Waals surface area (Å²) in [5.74, 6) is 1.01. The Morgan fingerprint density at radius 3 is 2.33 bits per heavy atom. The normalized spacial score (nSPS) is 12.9. The Morgan fingerprint density at radius 1 is 1.17 bits per heavy atom. The van der Waals surface area contributed by atoms with Crippen LogP contribution in [0, 0.1) is 5.92 Å². The minimum atomic E-state index is 0.312. The van der Waals surface area contributed by atoms with Crippen molar-refractivity contribution in [3.05, 3.63) is 46.5 Å². The predicted octanol–water partition coefficient (Wildman–Crippen LogP) is 4.08. The Kier molecular flexibility index (Phi) is 4.02. The zero-order valence-electron chi connectivity index (χ0n) is 11.2. The average molecular weight is 260 g/mol. The minimum absolute atomic E-state index is 0.312. The van der Waals surface area contributed by atoms with E-state index >= 15 is 0 Å². The lowest BCUT2D eigenvalue weighted by molar-refractivity contribution is 0.647. The molecule has 0 saturated carbocycles. The number of hydrogen-bond acceptors (Lipinski definition) is 3. The Labute approximate surface area is 113 Å². The quantitative estimate of drug-likeness (QED) is 0.899. The van der Waals surface area contributed by atoms with Crippen LogP contribution in [-0.4, -0.2) is 4.98 Å². The summed E-state index contributed by atoms with van der Waals surface area (Å²) >= 11 is 1.51. The second kappa shape index (κ2) is 5.53. The number of benzene rings is 1. The standard InChI is InChI=1S/C15H20N2S/c1-10(2)8-12-4-6-13(7-5-12)11(3)14-9-18-15(16)17-14/h4-7,9-11H,8H2,1-3H3,(H2,16,17). The van der Waals surface area contributed by atoms with Crippen LogP contribution in [0.3, 0.4) is 0 Å². The van der Waals surface area contributed by atoms with Crippen LogP contribution in [0.4, 0.5) is 5.13 Å². The first kappa shape index (κ1) is 13.1. The first-order valence-corrected chi connectivity index (χ1v) is 7.24. The van der Waals surface area contributed by atoms with Gasteiger partial charge >= 0.3 is 0 Å². The number of nitrogens with two attached hydrogens (primary N) is 1. The fourth-order valence-corrected chi connectivity index (χ4v) is 2.74. The zero-order valence-corrected chi connectivity index (χ0v) is 12.0. The molecule has 0 saturated heterocycles. The Bertz CT molecular complexity index is 499. The maximum Gasteiger partial charge on any atom is 0.180 e. The number of nitrogen functional groups attached to an aromatic ring is 1. The third-order valence-electron chi connectivity index (χ3n) is 3.11. The van der Waals surface area contributed by atoms with E-state index in [0.717, 1.165) is 12.1 Å². The molecule has 0 spiro atoms. The molecule has 0 fully saturated rings. The molecule has 1 unspecified atom stereocenters. The van der Waals surface area contributed by atoms with Crippen molar-refractivity contribution in [2.75, 3.05) is 5.73 Å². The minimum Gasteiger partial charge on any atom is -0.375 e. The van der Waals surface area contributed by atoms with E-state index in [4.69, 9.17) is 5.73 Å². The van der Waals surface area contributed by atoms with Crippen molar-refractivity contribution in [3.8, 4) is 0 Å². The second-order valence-electron chi connectivity index (χ2n) is 5.17. The molecule has 2 rings (SSSR count). The van der Waals surface area contributed by atoms with Crippen LogP contribution >= 0.6 is 11.3 Å². The Hall–Kier alpha value is -1.35. The number of thiazole rings is 1. The van der Waals surface area contributed by atoms with Gasteiger partial charge in [-0.1, -0.05) is 45.0 Å². The lowest BCUT2D eigenvalue weighted by Gasteiger charge is -2.11. The van der Waals surface area contributed by atoms with Crippen LogP contribution in [0.2, 0.25) is 0 Å². The first-order chi connectivity index (χ1) is 8.56. The van der Waals surface area contributed by atoms with Crippen molar-refractivity contribution in [1.82, 2.24) is 4.98 Å². The van der Waals surface area contributed by atoms with Crippen molar-refractivity contribution in [2.24, 2.45) is 5.92 Å². The highest BCUT2D eigenvalue weighted by atomic mass is 32.1. The van der Waals surface area contributed by atoms with Gasteiger partial charge in [0.1, 0.15) is 0 Å². The summed E-state index contributed by atoms with van der Waals surface area (Å²) in [5.41, 5.74) is 9.45. The van der Waals surface area contributed by atoms with Crippen molar-refractivity contribution in [1.29, 1.82) is 0 Å². The van der Waals surface area contributed by atoms with E-state index in [-0.39, 0.29) is 0 Å². The summed E-state index contributed by atoms with van der Waals surface area (Å²) in [5, 5.41) is 2.69. The molecule has 0 amide bonds. The highest BCUT2D eigenvalue weighted by Crippen LogP contribution is 2.26. The Morgan fingerprint density at radius 2 is 1.83 bits per heavy atom. The van der Waals surface area contributed by atoms with E-state index in [1.54, 1.807) is 0 Å². The van der Waals surface area contributed by atoms with E-state index in [2.05, 4.69) is 50.0 Å². The molecular formula is C15H20N2S. The van der Waals surface area contributed by atoms with E-state index in [0.29, 0.717) is 17.0 Å². The van der Waals surface area contributed by atoms with Crippen molar-refractivity contribution in [2.45, 2.75) is 33.1 Å². The first-order valence-electron chi connectivity index (χ1n) is 6.36. The molecule has 2 nitrogen and oxygen atoms in total. The molecule has 2 N–H and O–H groups in total. The maximum absolute atomic E-state index is 5.68. The number of hydrogen-bond donors (Lipinski definition) is 1. The number of nitrogens with zero attached hydrogens (tertiary/aromatic N) is 1. The van der Waals surface area contributed by atoms with Crippen LogP contribution in [0.15, 0.2) is 29.6 Å². The number of rotatable bonds is 4. The molecule has 1 aromatic heterocycles. The number of anilines is 1. The fraction of sp³-hybridized carbons (Fsp3) is 0.400. The Balaban J connectivity index is 2.14. The van der Waals surface area contributed by atoms with Crippen molar-refractivity contribution < 1.29 is 0 Å². The fourth-order valence-electron chi connectivity index (χ4n) is 2.08. The molecule has 1 atom stereocenters. The molecule has 1 heterocycles. The zero-order chi connectivity index (χ0) is 13.1. The lowest BCUT2D eigenvalue weighted by atomic mass is 9.95. The molecule has 0 aliphatic heterocycles. The van der Waals surface area contributed by atoms with Crippen LogP contribution in [-0.2, 0) is 6.42 Å². The van der Waals surface area contributed by atoms with Crippen molar-refractivity contribution in [3.63, 3.8) is 0 Å². The molecule has 1 aromatic carbocycles. The van der Waals surface area contributed by atoms with Gasteiger partial charge in [0.2, 0.25) is 0 Å². The van der Waals surface area contributed by atoms with Gasteiger partial charge in [-0.3, -0.25) is 0 Å². The summed E-state index contributed by atoms with van der Waals surface area (Å²) in [6, 6.07) is 8.86. The third kappa shape index (κ3) is 3.10. The average Bonchev–Trinajstić information content (AvgIpc) is 2.75. The van der Waals surface area contributed by atoms with Crippen molar-refractivity contribution >= 4 is 16.5 Å². The molecule has 0 radical (unpaired) electrons. The molecule has 2 aromatic rings. The number of aromatic nitrogens is 1. The maximum atomic E-state index is 5.68. The summed E-state index contributed by atoms with van der Waals surface area (Å²) in [7, 11) is 0. The summed E-state index contributed by atoms with van der Waals surface area (Å²) < 4.78 is 0. The van der Waals surface area contributed by atoms with E-state index in [1.807, 2.05) is 5.38 Å². The van der Waals surface area contributed by atoms with Gasteiger partial charge in [0.15, 0.2) is 5.13 Å². The molecule has 3 heteroatoms. The van der Waals surface area contributed by atoms with Crippen LogP contribution in [0.25, 0.3) is 0 Å². The smallest absolute Gasteiger partial charge is 0.180 e. The highest BCUT2D eigenvalue weighted by Gasteiger charge is 2.11. The summed E-state index contributed by atoms with van der Waals surface area (Å²) in [6.07, 6.45) is 1.14. The molecular weight excluding hydrogens is 240 g/mol. The molecule has 18 heavy (non-hydrogen) atoms. The van der Waals surface area contributed by atoms with E-state index < -0.39 is 0 Å². The van der Waals surface area contributed by atoms with Gasteiger partial charge in [0, 0.05) is 11.3 Å². The molecule has 0 bridgehead atoms. The van der Waals surface area contributed by atoms with Crippen LogP contribution < -0.4 is 5.73 Å². The monoisotopic (exact) mass is 260 g/mol. The van der Waals surface area contributed by atoms with E-state index in [1.165, 1.54) is 22.5 Å². The second-order valence-corrected chi connectivity index (χ2v) is 6.06. The molecule has 0 aliphatic rings. The van der Waals surface area contributed by atoms with Gasteiger partial charge in [-0.15, -0.1) is 11.3 Å². The van der Waals surface area contributed by atoms with Gasteiger partial charge in [-0.25, -0.2) is 4.98 Å². The van der Waals surface area contributed by atoms with Crippen LogP contribution in [0.5, 0.6) is 0 Å². The summed E-state index contributed by atoms with van der Waals surface area (Å²) in [6.45, 7) is 6.66. The lowest BCUT2D eigenvalue weighted by Crippen LogP contribution is -1.99. The topological polar surface area (TPSA) is 38.9 Å². The van der Waals surface area contributed by atoms with Gasteiger partial charge in [0.25, 0.3) is 0 Å². The van der Waals surface area contributed by atoms with Gasteiger partial charge < -0.3 is 5.73 Å². The van der Waals surface area contributed by atoms with Gasteiger partial charge in [-0.05, 0) is 23.5 Å². The predicted molar refractivity (Wildman–Crippen MR) is 79.0 cm³/mol. The third-order valence-corrected chi connectivity index (χ3v) is 3.80.